The number of anilines is 1. The second-order valence-electron chi connectivity index (χ2n) is 9.93. The topological polar surface area (TPSA) is 86.8 Å². The molecular formula is C31H39N3O4S. The van der Waals surface area contributed by atoms with Crippen LogP contribution < -0.4 is 9.62 Å². The van der Waals surface area contributed by atoms with Crippen molar-refractivity contribution in [1.29, 1.82) is 0 Å². The van der Waals surface area contributed by atoms with Gasteiger partial charge >= 0.3 is 0 Å². The number of hydrogen-bond donors (Lipinski definition) is 1. The van der Waals surface area contributed by atoms with Crippen molar-refractivity contribution in [3.63, 3.8) is 0 Å². The minimum Gasteiger partial charge on any atom is -0.352 e. The zero-order valence-corrected chi connectivity index (χ0v) is 24.2. The molecule has 0 aromatic heterocycles. The summed E-state index contributed by atoms with van der Waals surface area (Å²) in [6, 6.07) is 22.5. The van der Waals surface area contributed by atoms with Crippen LogP contribution in [0.5, 0.6) is 0 Å². The van der Waals surface area contributed by atoms with E-state index in [1.54, 1.807) is 31.2 Å². The van der Waals surface area contributed by atoms with Crippen LogP contribution >= 0.6 is 0 Å². The number of aryl methyl sites for hydroxylation is 2. The van der Waals surface area contributed by atoms with Gasteiger partial charge < -0.3 is 10.2 Å². The first-order chi connectivity index (χ1) is 18.5. The number of nitrogens with one attached hydrogen (secondary N) is 1. The lowest BCUT2D eigenvalue weighted by molar-refractivity contribution is -0.139. The molecule has 208 valence electrons. The summed E-state index contributed by atoms with van der Waals surface area (Å²) in [6.07, 6.45) is 1.29. The standard InChI is InChI=1S/C31H39N3O4S/c1-6-25(4)32-31(36)26(5)33(20-19-27-13-9-7-10-14-27)30(35)22-34(29-21-23(2)17-18-24(29)3)39(37,38)28-15-11-8-12-16-28/h7-18,21,25-26H,6,19-20,22H2,1-5H3,(H,32,36)/t25-,26-/m0/s1. The molecule has 0 heterocycles. The van der Waals surface area contributed by atoms with Crippen LogP contribution in [0.25, 0.3) is 0 Å². The maximum absolute atomic E-state index is 14.0. The summed E-state index contributed by atoms with van der Waals surface area (Å²) < 4.78 is 29.0. The smallest absolute Gasteiger partial charge is 0.264 e. The van der Waals surface area contributed by atoms with Crippen molar-refractivity contribution in [2.24, 2.45) is 0 Å². The van der Waals surface area contributed by atoms with Gasteiger partial charge in [0.1, 0.15) is 12.6 Å². The lowest BCUT2D eigenvalue weighted by Crippen LogP contribution is -2.53. The lowest BCUT2D eigenvalue weighted by Gasteiger charge is -2.33. The minimum atomic E-state index is -4.07. The molecular weight excluding hydrogens is 510 g/mol. The van der Waals surface area contributed by atoms with E-state index in [1.807, 2.05) is 70.2 Å². The van der Waals surface area contributed by atoms with E-state index in [2.05, 4.69) is 5.32 Å². The highest BCUT2D eigenvalue weighted by Crippen LogP contribution is 2.28. The maximum Gasteiger partial charge on any atom is 0.264 e. The molecule has 0 unspecified atom stereocenters. The molecule has 0 fully saturated rings. The van der Waals surface area contributed by atoms with E-state index >= 15 is 0 Å². The SMILES string of the molecule is CC[C@H](C)NC(=O)[C@H](C)N(CCc1ccccc1)C(=O)CN(c1cc(C)ccc1C)S(=O)(=O)c1ccccc1. The van der Waals surface area contributed by atoms with E-state index in [-0.39, 0.29) is 23.4 Å². The number of nitrogens with zero attached hydrogens (tertiary/aromatic N) is 2. The van der Waals surface area contributed by atoms with Crippen LogP contribution in [-0.4, -0.2) is 50.3 Å². The van der Waals surface area contributed by atoms with Crippen molar-refractivity contribution in [3.05, 3.63) is 95.6 Å². The molecule has 0 aliphatic carbocycles. The van der Waals surface area contributed by atoms with Crippen LogP contribution in [0.4, 0.5) is 5.69 Å². The monoisotopic (exact) mass is 549 g/mol. The third kappa shape index (κ3) is 7.69. The molecule has 0 aliphatic heterocycles. The molecule has 0 bridgehead atoms. The van der Waals surface area contributed by atoms with Gasteiger partial charge in [-0.25, -0.2) is 8.42 Å². The van der Waals surface area contributed by atoms with E-state index in [0.717, 1.165) is 23.1 Å². The van der Waals surface area contributed by atoms with Gasteiger partial charge in [-0.1, -0.05) is 67.6 Å². The van der Waals surface area contributed by atoms with Crippen LogP contribution in [0.3, 0.4) is 0 Å². The Labute approximate surface area is 232 Å². The number of rotatable bonds is 12. The first-order valence-electron chi connectivity index (χ1n) is 13.3. The van der Waals surface area contributed by atoms with Crippen LogP contribution in [0.2, 0.25) is 0 Å². The maximum atomic E-state index is 14.0. The van der Waals surface area contributed by atoms with E-state index in [0.29, 0.717) is 12.1 Å². The molecule has 8 heteroatoms. The van der Waals surface area contributed by atoms with Crippen molar-refractivity contribution in [2.75, 3.05) is 17.4 Å². The Morgan fingerprint density at radius 1 is 0.897 bits per heavy atom. The van der Waals surface area contributed by atoms with Crippen molar-refractivity contribution in [3.8, 4) is 0 Å². The molecule has 0 aliphatic rings. The third-order valence-electron chi connectivity index (χ3n) is 6.90. The fraction of sp³-hybridized carbons (Fsp3) is 0.355. The summed E-state index contributed by atoms with van der Waals surface area (Å²) in [4.78, 5) is 28.7. The van der Waals surface area contributed by atoms with Crippen LogP contribution in [-0.2, 0) is 26.0 Å². The fourth-order valence-corrected chi connectivity index (χ4v) is 5.75. The van der Waals surface area contributed by atoms with Gasteiger partial charge in [-0.2, -0.15) is 0 Å². The number of hydrogen-bond acceptors (Lipinski definition) is 4. The summed E-state index contributed by atoms with van der Waals surface area (Å²) in [5, 5.41) is 2.96. The third-order valence-corrected chi connectivity index (χ3v) is 8.67. The Balaban J connectivity index is 2.00. The average Bonchev–Trinajstić information content (AvgIpc) is 2.94. The van der Waals surface area contributed by atoms with Gasteiger partial charge in [-0.15, -0.1) is 0 Å². The summed E-state index contributed by atoms with van der Waals surface area (Å²) >= 11 is 0. The number of carbonyl (C=O) groups excluding carboxylic acids is 2. The Morgan fingerprint density at radius 3 is 2.13 bits per heavy atom. The van der Waals surface area contributed by atoms with Gasteiger partial charge in [0.15, 0.2) is 0 Å². The molecule has 0 radical (unpaired) electrons. The molecule has 2 atom stereocenters. The summed E-state index contributed by atoms with van der Waals surface area (Å²) in [5.41, 5.74) is 3.06. The zero-order valence-electron chi connectivity index (χ0n) is 23.4. The average molecular weight is 550 g/mol. The van der Waals surface area contributed by atoms with Crippen molar-refractivity contribution in [2.45, 2.75) is 64.4 Å². The van der Waals surface area contributed by atoms with Gasteiger partial charge in [0.05, 0.1) is 10.6 Å². The predicted octanol–water partition coefficient (Wildman–Crippen LogP) is 4.87. The highest BCUT2D eigenvalue weighted by atomic mass is 32.2. The molecule has 3 aromatic carbocycles. The lowest BCUT2D eigenvalue weighted by atomic mass is 10.1. The van der Waals surface area contributed by atoms with Crippen molar-refractivity contribution < 1.29 is 18.0 Å². The Hall–Kier alpha value is -3.65. The van der Waals surface area contributed by atoms with Crippen LogP contribution in [0.1, 0.15) is 43.9 Å². The van der Waals surface area contributed by atoms with Crippen LogP contribution in [0, 0.1) is 13.8 Å². The second-order valence-corrected chi connectivity index (χ2v) is 11.8. The largest absolute Gasteiger partial charge is 0.352 e. The van der Waals surface area contributed by atoms with Gasteiger partial charge in [0.25, 0.3) is 10.0 Å². The molecule has 1 N–H and O–H groups in total. The fourth-order valence-electron chi connectivity index (χ4n) is 4.26. The molecule has 3 aromatic rings. The minimum absolute atomic E-state index is 0.0454. The highest BCUT2D eigenvalue weighted by Gasteiger charge is 2.33. The number of benzene rings is 3. The molecule has 0 spiro atoms. The highest BCUT2D eigenvalue weighted by molar-refractivity contribution is 7.92. The summed E-state index contributed by atoms with van der Waals surface area (Å²) in [7, 11) is -4.07. The zero-order chi connectivity index (χ0) is 28.6. The van der Waals surface area contributed by atoms with Gasteiger partial charge in [-0.05, 0) is 75.4 Å². The van der Waals surface area contributed by atoms with Crippen molar-refractivity contribution >= 4 is 27.5 Å². The van der Waals surface area contributed by atoms with Gasteiger partial charge in [-0.3, -0.25) is 13.9 Å². The number of carbonyl (C=O) groups is 2. The van der Waals surface area contributed by atoms with E-state index in [1.165, 1.54) is 21.3 Å². The molecule has 39 heavy (non-hydrogen) atoms. The van der Waals surface area contributed by atoms with Gasteiger partial charge in [0.2, 0.25) is 11.8 Å². The Kier molecular flexibility index (Phi) is 10.3. The second kappa shape index (κ2) is 13.4. The normalized spacial score (nSPS) is 12.8. The van der Waals surface area contributed by atoms with Crippen molar-refractivity contribution in [1.82, 2.24) is 10.2 Å². The molecule has 0 saturated heterocycles. The Bertz CT molecular complexity index is 1360. The predicted molar refractivity (Wildman–Crippen MR) is 156 cm³/mol. The summed E-state index contributed by atoms with van der Waals surface area (Å²) in [5.74, 6) is -0.715. The quantitative estimate of drug-likeness (QED) is 0.349. The van der Waals surface area contributed by atoms with E-state index in [4.69, 9.17) is 0 Å². The summed E-state index contributed by atoms with van der Waals surface area (Å²) in [6.45, 7) is 9.11. The van der Waals surface area contributed by atoms with E-state index in [9.17, 15) is 18.0 Å². The first kappa shape index (κ1) is 29.9. The molecule has 0 saturated carbocycles. The van der Waals surface area contributed by atoms with Crippen LogP contribution in [0.15, 0.2) is 83.8 Å². The molecule has 3 rings (SSSR count). The first-order valence-corrected chi connectivity index (χ1v) is 14.8. The Morgan fingerprint density at radius 2 is 1.51 bits per heavy atom. The molecule has 7 nitrogen and oxygen atoms in total. The number of sulfonamides is 1. The van der Waals surface area contributed by atoms with E-state index < -0.39 is 28.5 Å². The van der Waals surface area contributed by atoms with Gasteiger partial charge in [0, 0.05) is 12.6 Å². The molecule has 2 amide bonds. The number of amides is 2.